The predicted molar refractivity (Wildman–Crippen MR) is 83.0 cm³/mol. The molecule has 0 saturated heterocycles. The Balaban J connectivity index is 1.81. The summed E-state index contributed by atoms with van der Waals surface area (Å²) in [6.45, 7) is 0.462. The van der Waals surface area contributed by atoms with E-state index >= 15 is 0 Å². The first-order valence-corrected chi connectivity index (χ1v) is 8.81. The largest absolute Gasteiger partial charge is 0.353 e. The van der Waals surface area contributed by atoms with Gasteiger partial charge in [0, 0.05) is 25.0 Å². The quantitative estimate of drug-likeness (QED) is 0.823. The summed E-state index contributed by atoms with van der Waals surface area (Å²) < 4.78 is 29.1. The van der Waals surface area contributed by atoms with Gasteiger partial charge in [-0.25, -0.2) is 8.42 Å². The van der Waals surface area contributed by atoms with E-state index in [1.165, 1.54) is 0 Å². The van der Waals surface area contributed by atoms with Crippen LogP contribution in [0.15, 0.2) is 48.7 Å². The Morgan fingerprint density at radius 3 is 2.43 bits per heavy atom. The highest BCUT2D eigenvalue weighted by atomic mass is 32.2. The van der Waals surface area contributed by atoms with E-state index in [-0.39, 0.29) is 11.8 Å². The summed E-state index contributed by atoms with van der Waals surface area (Å²) in [5.41, 5.74) is 1.87. The van der Waals surface area contributed by atoms with Gasteiger partial charge in [-0.3, -0.25) is 0 Å². The third-order valence-electron chi connectivity index (χ3n) is 3.87. The molecular formula is C16H20N2O2S. The maximum atomic E-state index is 12.7. The fourth-order valence-electron chi connectivity index (χ4n) is 2.51. The average molecular weight is 304 g/mol. The van der Waals surface area contributed by atoms with Crippen LogP contribution in [0.5, 0.6) is 0 Å². The Morgan fingerprint density at radius 2 is 1.86 bits per heavy atom. The molecule has 5 heteroatoms. The summed E-state index contributed by atoms with van der Waals surface area (Å²) in [5.74, 6) is 0.0781. The minimum absolute atomic E-state index is 0.0781. The summed E-state index contributed by atoms with van der Waals surface area (Å²) in [7, 11) is -1.34. The van der Waals surface area contributed by atoms with Crippen LogP contribution >= 0.6 is 0 Å². The second-order valence-electron chi connectivity index (χ2n) is 5.63. The highest BCUT2D eigenvalue weighted by molar-refractivity contribution is 7.88. The molecule has 1 aromatic heterocycles. The van der Waals surface area contributed by atoms with E-state index in [0.717, 1.165) is 24.1 Å². The van der Waals surface area contributed by atoms with Crippen molar-refractivity contribution in [2.75, 3.05) is 0 Å². The molecule has 0 N–H and O–H groups in total. The molecular weight excluding hydrogens is 284 g/mol. The van der Waals surface area contributed by atoms with Gasteiger partial charge in [0.2, 0.25) is 10.0 Å². The lowest BCUT2D eigenvalue weighted by Crippen LogP contribution is -2.34. The number of benzene rings is 1. The molecule has 0 unspecified atom stereocenters. The van der Waals surface area contributed by atoms with Crippen LogP contribution in [0.2, 0.25) is 0 Å². The molecule has 0 bridgehead atoms. The summed E-state index contributed by atoms with van der Waals surface area (Å²) in [6, 6.07) is 13.5. The Labute approximate surface area is 126 Å². The van der Waals surface area contributed by atoms with Gasteiger partial charge in [-0.1, -0.05) is 30.3 Å². The van der Waals surface area contributed by atoms with Crippen molar-refractivity contribution in [2.45, 2.75) is 31.2 Å². The Bertz CT molecular complexity index is 703. The summed E-state index contributed by atoms with van der Waals surface area (Å²) in [4.78, 5) is 0. The summed E-state index contributed by atoms with van der Waals surface area (Å²) in [5, 5.41) is 0. The van der Waals surface area contributed by atoms with Crippen molar-refractivity contribution in [2.24, 2.45) is 7.05 Å². The smallest absolute Gasteiger partial charge is 0.218 e. The molecule has 2 aromatic rings. The van der Waals surface area contributed by atoms with Gasteiger partial charge in [-0.2, -0.15) is 4.31 Å². The SMILES string of the molecule is Cn1cccc1CN(C1CC1)S(=O)(=O)Cc1ccccc1. The van der Waals surface area contributed by atoms with Gasteiger partial charge in [0.05, 0.1) is 12.3 Å². The lowest BCUT2D eigenvalue weighted by molar-refractivity contribution is 0.389. The lowest BCUT2D eigenvalue weighted by Gasteiger charge is -2.22. The molecule has 112 valence electrons. The van der Waals surface area contributed by atoms with Gasteiger partial charge in [0.25, 0.3) is 0 Å². The van der Waals surface area contributed by atoms with Crippen molar-refractivity contribution in [1.82, 2.24) is 8.87 Å². The minimum atomic E-state index is -3.29. The van der Waals surface area contributed by atoms with E-state index in [9.17, 15) is 8.42 Å². The molecule has 1 saturated carbocycles. The maximum absolute atomic E-state index is 12.7. The molecule has 21 heavy (non-hydrogen) atoms. The second-order valence-corrected chi connectivity index (χ2v) is 7.55. The van der Waals surface area contributed by atoms with Crippen LogP contribution in [0.25, 0.3) is 0 Å². The summed E-state index contributed by atoms with van der Waals surface area (Å²) in [6.07, 6.45) is 3.89. The van der Waals surface area contributed by atoms with Crippen molar-refractivity contribution in [3.63, 3.8) is 0 Å². The van der Waals surface area contributed by atoms with Crippen molar-refractivity contribution < 1.29 is 8.42 Å². The van der Waals surface area contributed by atoms with Crippen molar-refractivity contribution in [3.8, 4) is 0 Å². The molecule has 1 fully saturated rings. The second kappa shape index (κ2) is 5.66. The van der Waals surface area contributed by atoms with Gasteiger partial charge in [-0.05, 0) is 30.5 Å². The van der Waals surface area contributed by atoms with Crippen molar-refractivity contribution in [3.05, 3.63) is 59.9 Å². The van der Waals surface area contributed by atoms with E-state index in [1.807, 2.05) is 60.3 Å². The molecule has 1 aliphatic rings. The van der Waals surface area contributed by atoms with Crippen LogP contribution in [0, 0.1) is 0 Å². The van der Waals surface area contributed by atoms with Gasteiger partial charge in [-0.15, -0.1) is 0 Å². The van der Waals surface area contributed by atoms with Gasteiger partial charge < -0.3 is 4.57 Å². The normalized spacial score (nSPS) is 15.5. The van der Waals surface area contributed by atoms with Crippen LogP contribution in [0.3, 0.4) is 0 Å². The van der Waals surface area contributed by atoms with Crippen LogP contribution in [-0.2, 0) is 29.4 Å². The first-order chi connectivity index (χ1) is 10.1. The first-order valence-electron chi connectivity index (χ1n) is 7.20. The molecule has 3 rings (SSSR count). The first kappa shape index (κ1) is 14.4. The Kier molecular flexibility index (Phi) is 3.87. The zero-order valence-corrected chi connectivity index (χ0v) is 13.0. The molecule has 1 heterocycles. The molecule has 0 atom stereocenters. The van der Waals surface area contributed by atoms with Crippen LogP contribution in [-0.4, -0.2) is 23.3 Å². The Hall–Kier alpha value is -1.59. The summed E-state index contributed by atoms with van der Waals surface area (Å²) >= 11 is 0. The fourth-order valence-corrected chi connectivity index (χ4v) is 4.28. The number of aryl methyl sites for hydroxylation is 1. The topological polar surface area (TPSA) is 42.3 Å². The molecule has 4 nitrogen and oxygen atoms in total. The molecule has 1 aliphatic carbocycles. The number of sulfonamides is 1. The molecule has 0 aliphatic heterocycles. The van der Waals surface area contributed by atoms with Crippen LogP contribution in [0.4, 0.5) is 0 Å². The Morgan fingerprint density at radius 1 is 1.14 bits per heavy atom. The molecule has 0 spiro atoms. The third kappa shape index (κ3) is 3.36. The number of aromatic nitrogens is 1. The van der Waals surface area contributed by atoms with E-state index in [2.05, 4.69) is 0 Å². The van der Waals surface area contributed by atoms with Crippen molar-refractivity contribution >= 4 is 10.0 Å². The molecule has 0 radical (unpaired) electrons. The lowest BCUT2D eigenvalue weighted by atomic mass is 10.2. The third-order valence-corrected chi connectivity index (χ3v) is 5.71. The number of rotatable bonds is 6. The van der Waals surface area contributed by atoms with E-state index < -0.39 is 10.0 Å². The van der Waals surface area contributed by atoms with E-state index in [4.69, 9.17) is 0 Å². The van der Waals surface area contributed by atoms with Gasteiger partial charge in [0.15, 0.2) is 0 Å². The standard InChI is InChI=1S/C16H20N2O2S/c1-17-11-5-8-16(17)12-18(15-9-10-15)21(19,20)13-14-6-3-2-4-7-14/h2-8,11,15H,9-10,12-13H2,1H3. The van der Waals surface area contributed by atoms with Gasteiger partial charge >= 0.3 is 0 Å². The zero-order valence-electron chi connectivity index (χ0n) is 12.1. The predicted octanol–water partition coefficient (Wildman–Crippen LogP) is 2.52. The minimum Gasteiger partial charge on any atom is -0.353 e. The monoisotopic (exact) mass is 304 g/mol. The fraction of sp³-hybridized carbons (Fsp3) is 0.375. The van der Waals surface area contributed by atoms with E-state index in [1.54, 1.807) is 4.31 Å². The molecule has 1 aromatic carbocycles. The van der Waals surface area contributed by atoms with Gasteiger partial charge in [0.1, 0.15) is 0 Å². The van der Waals surface area contributed by atoms with Crippen LogP contribution < -0.4 is 0 Å². The maximum Gasteiger partial charge on any atom is 0.218 e. The molecule has 0 amide bonds. The number of hydrogen-bond donors (Lipinski definition) is 0. The van der Waals surface area contributed by atoms with E-state index in [0.29, 0.717) is 6.54 Å². The average Bonchev–Trinajstić information content (AvgIpc) is 3.20. The number of hydrogen-bond acceptors (Lipinski definition) is 2. The number of nitrogens with zero attached hydrogens (tertiary/aromatic N) is 2. The van der Waals surface area contributed by atoms with Crippen LogP contribution in [0.1, 0.15) is 24.1 Å². The highest BCUT2D eigenvalue weighted by Crippen LogP contribution is 2.32. The van der Waals surface area contributed by atoms with Crippen molar-refractivity contribution in [1.29, 1.82) is 0 Å². The highest BCUT2D eigenvalue weighted by Gasteiger charge is 2.37. The zero-order chi connectivity index (χ0) is 14.9.